The largest absolute Gasteiger partial charge is 0.382 e. The first-order valence-corrected chi connectivity index (χ1v) is 4.47. The second-order valence-corrected chi connectivity index (χ2v) is 3.13. The number of rotatable bonds is 1. The lowest BCUT2D eigenvalue weighted by atomic mass is 10.6. The van der Waals surface area contributed by atoms with E-state index in [0.29, 0.717) is 0 Å². The molecule has 0 atom stereocenters. The lowest BCUT2D eigenvalue weighted by Gasteiger charge is -1.95. The van der Waals surface area contributed by atoms with E-state index < -0.39 is 0 Å². The average molecular weight is 187 g/mol. The molecule has 60 valence electrons. The van der Waals surface area contributed by atoms with E-state index in [4.69, 9.17) is 11.0 Å². The van der Waals surface area contributed by atoms with E-state index in [9.17, 15) is 0 Å². The first kappa shape index (κ1) is 10.4. The summed E-state index contributed by atoms with van der Waals surface area (Å²) in [5, 5.41) is 9.16. The molecule has 0 unspecified atom stereocenters. The van der Waals surface area contributed by atoms with E-state index in [1.807, 2.05) is 13.2 Å². The monoisotopic (exact) mass is 187 g/mol. The third kappa shape index (κ3) is 3.96. The summed E-state index contributed by atoms with van der Waals surface area (Å²) in [7, 11) is 0. The summed E-state index contributed by atoms with van der Waals surface area (Å²) >= 11 is 5.29. The minimum absolute atomic E-state index is 0.151. The highest BCUT2D eigenvalue weighted by atomic mass is 32.2. The summed E-state index contributed by atoms with van der Waals surface area (Å²) in [6, 6.07) is 1.80. The summed E-state index contributed by atoms with van der Waals surface area (Å²) in [5.74, 6) is 0.169. The van der Waals surface area contributed by atoms with Gasteiger partial charge in [-0.15, -0.1) is 24.4 Å². The zero-order valence-electron chi connectivity index (χ0n) is 6.33. The van der Waals surface area contributed by atoms with Crippen LogP contribution in [0.1, 0.15) is 6.92 Å². The maximum absolute atomic E-state index is 8.35. The van der Waals surface area contributed by atoms with Crippen LogP contribution in [0.15, 0.2) is 15.7 Å². The quantitative estimate of drug-likeness (QED) is 0.282. The van der Waals surface area contributed by atoms with Crippen LogP contribution in [0.4, 0.5) is 0 Å². The van der Waals surface area contributed by atoms with Crippen LogP contribution < -0.4 is 5.73 Å². The van der Waals surface area contributed by atoms with E-state index in [2.05, 4.69) is 17.6 Å². The summed E-state index contributed by atoms with van der Waals surface area (Å²) < 4.78 is 0. The Hall–Kier alpha value is -0.600. The van der Waals surface area contributed by atoms with Gasteiger partial charge in [0.15, 0.2) is 0 Å². The smallest absolute Gasteiger partial charge is 0.148 e. The maximum atomic E-state index is 8.35. The lowest BCUT2D eigenvalue weighted by molar-refractivity contribution is 1.24. The summed E-state index contributed by atoms with van der Waals surface area (Å²) in [6.45, 7) is 1.82. The molecule has 0 aromatic heterocycles. The predicted molar refractivity (Wildman–Crippen MR) is 52.4 cm³/mol. The molecule has 3 nitrogen and oxygen atoms in total. The molecule has 11 heavy (non-hydrogen) atoms. The van der Waals surface area contributed by atoms with Crippen LogP contribution in [-0.4, -0.2) is 11.3 Å². The van der Waals surface area contributed by atoms with Crippen LogP contribution in [0.3, 0.4) is 0 Å². The number of thioether (sulfide) groups is 1. The Morgan fingerprint density at radius 3 is 2.64 bits per heavy atom. The number of allylic oxidation sites excluding steroid dienone is 1. The minimum Gasteiger partial charge on any atom is -0.382 e. The third-order valence-electron chi connectivity index (χ3n) is 0.922. The number of aliphatic imine (C=N–C) groups is 1. The van der Waals surface area contributed by atoms with Crippen LogP contribution in [-0.2, 0) is 0 Å². The van der Waals surface area contributed by atoms with Crippen molar-refractivity contribution in [3.8, 4) is 6.07 Å². The Morgan fingerprint density at radius 1 is 1.73 bits per heavy atom. The van der Waals surface area contributed by atoms with Crippen LogP contribution in [0.5, 0.6) is 0 Å². The van der Waals surface area contributed by atoms with Gasteiger partial charge in [0.05, 0.1) is 5.04 Å². The molecule has 0 aliphatic carbocycles. The van der Waals surface area contributed by atoms with Crippen molar-refractivity contribution in [2.24, 2.45) is 10.7 Å². The first-order chi connectivity index (χ1) is 5.11. The fourth-order valence-electron chi connectivity index (χ4n) is 0.325. The standard InChI is InChI=1S/C6H9N3S2/c1-4(11-2)9-6(8)5(10)3-7/h10H,8H2,1-2H3/b6-5-,9-4?. The molecule has 0 radical (unpaired) electrons. The first-order valence-electron chi connectivity index (χ1n) is 2.80. The Bertz CT molecular complexity index is 237. The lowest BCUT2D eigenvalue weighted by Crippen LogP contribution is -1.98. The molecule has 0 fully saturated rings. The molecule has 0 aliphatic rings. The SMILES string of the molecule is CSC(C)=N/C(N)=C(\S)C#N. The fraction of sp³-hybridized carbons (Fsp3) is 0.333. The van der Waals surface area contributed by atoms with Crippen molar-refractivity contribution in [3.05, 3.63) is 10.7 Å². The van der Waals surface area contributed by atoms with Crippen LogP contribution in [0.25, 0.3) is 0 Å². The Labute approximate surface area is 75.8 Å². The Kier molecular flexibility index (Phi) is 4.83. The molecule has 2 N–H and O–H groups in total. The minimum atomic E-state index is 0.151. The molecular formula is C6H9N3S2. The average Bonchev–Trinajstić information content (AvgIpc) is 2.02. The molecule has 0 heterocycles. The highest BCUT2D eigenvalue weighted by Crippen LogP contribution is 2.06. The van der Waals surface area contributed by atoms with Crippen molar-refractivity contribution in [1.82, 2.24) is 0 Å². The fourth-order valence-corrected chi connectivity index (χ4v) is 0.565. The molecule has 0 aliphatic heterocycles. The van der Waals surface area contributed by atoms with E-state index in [1.54, 1.807) is 6.07 Å². The molecule has 0 rings (SSSR count). The van der Waals surface area contributed by atoms with Crippen LogP contribution >= 0.6 is 24.4 Å². The second kappa shape index (κ2) is 5.10. The number of hydrogen-bond acceptors (Lipinski definition) is 5. The van der Waals surface area contributed by atoms with Gasteiger partial charge >= 0.3 is 0 Å². The molecule has 0 bridgehead atoms. The van der Waals surface area contributed by atoms with Gasteiger partial charge in [-0.2, -0.15) is 5.26 Å². The summed E-state index contributed by atoms with van der Waals surface area (Å²) in [6.07, 6.45) is 1.89. The molecular weight excluding hydrogens is 178 g/mol. The molecule has 0 saturated carbocycles. The van der Waals surface area contributed by atoms with Gasteiger partial charge in [-0.3, -0.25) is 0 Å². The van der Waals surface area contributed by atoms with Crippen molar-refractivity contribution < 1.29 is 0 Å². The molecule has 0 aromatic rings. The molecule has 0 saturated heterocycles. The van der Waals surface area contributed by atoms with E-state index in [0.717, 1.165) is 5.04 Å². The normalized spacial score (nSPS) is 13.8. The van der Waals surface area contributed by atoms with E-state index in [1.165, 1.54) is 11.8 Å². The molecule has 5 heteroatoms. The van der Waals surface area contributed by atoms with Crippen molar-refractivity contribution in [2.75, 3.05) is 6.26 Å². The Balaban J connectivity index is 4.54. The van der Waals surface area contributed by atoms with Crippen LogP contribution in [0.2, 0.25) is 0 Å². The summed E-state index contributed by atoms with van der Waals surface area (Å²) in [5.41, 5.74) is 5.38. The van der Waals surface area contributed by atoms with Gasteiger partial charge < -0.3 is 5.73 Å². The highest BCUT2D eigenvalue weighted by molar-refractivity contribution is 8.13. The van der Waals surface area contributed by atoms with Crippen LogP contribution in [0, 0.1) is 11.3 Å². The van der Waals surface area contributed by atoms with Crippen molar-refractivity contribution in [2.45, 2.75) is 6.92 Å². The predicted octanol–water partition coefficient (Wildman–Crippen LogP) is 1.35. The number of nitrogens with zero attached hydrogens (tertiary/aromatic N) is 2. The van der Waals surface area contributed by atoms with Crippen molar-refractivity contribution in [1.29, 1.82) is 5.26 Å². The third-order valence-corrected chi connectivity index (χ3v) is 1.93. The second-order valence-electron chi connectivity index (χ2n) is 1.68. The zero-order chi connectivity index (χ0) is 8.85. The van der Waals surface area contributed by atoms with Gasteiger partial charge in [0.25, 0.3) is 0 Å². The van der Waals surface area contributed by atoms with Gasteiger partial charge in [-0.05, 0) is 13.2 Å². The van der Waals surface area contributed by atoms with Gasteiger partial charge in [-0.25, -0.2) is 4.99 Å². The number of thiol groups is 1. The van der Waals surface area contributed by atoms with E-state index in [-0.39, 0.29) is 10.7 Å². The number of nitrogens with two attached hydrogens (primary N) is 1. The van der Waals surface area contributed by atoms with Gasteiger partial charge in [0, 0.05) is 0 Å². The molecule has 0 amide bonds. The van der Waals surface area contributed by atoms with Gasteiger partial charge in [0.1, 0.15) is 16.8 Å². The number of nitriles is 1. The Morgan fingerprint density at radius 2 is 2.27 bits per heavy atom. The van der Waals surface area contributed by atoms with E-state index >= 15 is 0 Å². The highest BCUT2D eigenvalue weighted by Gasteiger charge is 1.95. The van der Waals surface area contributed by atoms with Crippen molar-refractivity contribution >= 4 is 29.4 Å². The van der Waals surface area contributed by atoms with Gasteiger partial charge in [-0.1, -0.05) is 0 Å². The number of hydrogen-bond donors (Lipinski definition) is 2. The van der Waals surface area contributed by atoms with Gasteiger partial charge in [0.2, 0.25) is 0 Å². The maximum Gasteiger partial charge on any atom is 0.148 e. The topological polar surface area (TPSA) is 62.2 Å². The molecule has 0 aromatic carbocycles. The van der Waals surface area contributed by atoms with Crippen molar-refractivity contribution in [3.63, 3.8) is 0 Å². The zero-order valence-corrected chi connectivity index (χ0v) is 8.04. The summed E-state index contributed by atoms with van der Waals surface area (Å²) in [4.78, 5) is 4.06. The molecule has 0 spiro atoms.